The summed E-state index contributed by atoms with van der Waals surface area (Å²) < 4.78 is 0. The highest BCUT2D eigenvalue weighted by molar-refractivity contribution is 5.50. The molecule has 0 aromatic heterocycles. The van der Waals surface area contributed by atoms with Crippen molar-refractivity contribution in [2.45, 2.75) is 58.0 Å². The monoisotopic (exact) mass is 272 g/mol. The third kappa shape index (κ3) is 2.85. The second-order valence-corrected chi connectivity index (χ2v) is 7.65. The molecule has 2 heteroatoms. The zero-order valence-electron chi connectivity index (χ0n) is 13.3. The SMILES string of the molecule is CC1CNC(C2CC2)CN1c1ccc(C(C)(C)C)cc1. The van der Waals surface area contributed by atoms with Crippen LogP contribution in [0.15, 0.2) is 24.3 Å². The van der Waals surface area contributed by atoms with Gasteiger partial charge in [0, 0.05) is 30.9 Å². The van der Waals surface area contributed by atoms with E-state index < -0.39 is 0 Å². The molecule has 110 valence electrons. The molecule has 1 aliphatic heterocycles. The van der Waals surface area contributed by atoms with Crippen molar-refractivity contribution in [2.75, 3.05) is 18.0 Å². The van der Waals surface area contributed by atoms with Gasteiger partial charge in [0.25, 0.3) is 0 Å². The number of piperazine rings is 1. The van der Waals surface area contributed by atoms with Crippen molar-refractivity contribution in [1.29, 1.82) is 0 Å². The molecule has 1 heterocycles. The highest BCUT2D eigenvalue weighted by Crippen LogP contribution is 2.35. The van der Waals surface area contributed by atoms with E-state index in [1.54, 1.807) is 0 Å². The van der Waals surface area contributed by atoms with Crippen LogP contribution in [-0.4, -0.2) is 25.2 Å². The van der Waals surface area contributed by atoms with Crippen molar-refractivity contribution >= 4 is 5.69 Å². The molecule has 2 fully saturated rings. The van der Waals surface area contributed by atoms with Crippen LogP contribution in [0, 0.1) is 5.92 Å². The minimum absolute atomic E-state index is 0.240. The van der Waals surface area contributed by atoms with Crippen LogP contribution in [0.4, 0.5) is 5.69 Å². The van der Waals surface area contributed by atoms with Gasteiger partial charge in [-0.3, -0.25) is 0 Å². The fraction of sp³-hybridized carbons (Fsp3) is 0.667. The van der Waals surface area contributed by atoms with Gasteiger partial charge in [0.15, 0.2) is 0 Å². The lowest BCUT2D eigenvalue weighted by atomic mass is 9.87. The van der Waals surface area contributed by atoms with E-state index in [1.165, 1.54) is 30.6 Å². The molecule has 0 radical (unpaired) electrons. The minimum atomic E-state index is 0.240. The molecule has 0 spiro atoms. The number of nitrogens with zero attached hydrogens (tertiary/aromatic N) is 1. The van der Waals surface area contributed by atoms with Gasteiger partial charge in [-0.05, 0) is 48.8 Å². The van der Waals surface area contributed by atoms with Gasteiger partial charge in [-0.15, -0.1) is 0 Å². The maximum Gasteiger partial charge on any atom is 0.0387 e. The van der Waals surface area contributed by atoms with Gasteiger partial charge in [0.05, 0.1) is 0 Å². The smallest absolute Gasteiger partial charge is 0.0387 e. The second-order valence-electron chi connectivity index (χ2n) is 7.65. The number of hydrogen-bond acceptors (Lipinski definition) is 2. The Labute approximate surface area is 123 Å². The summed E-state index contributed by atoms with van der Waals surface area (Å²) in [6.07, 6.45) is 2.84. The molecular formula is C18H28N2. The van der Waals surface area contributed by atoms with Gasteiger partial charge in [-0.1, -0.05) is 32.9 Å². The van der Waals surface area contributed by atoms with Crippen molar-refractivity contribution < 1.29 is 0 Å². The van der Waals surface area contributed by atoms with E-state index in [1.807, 2.05) is 0 Å². The van der Waals surface area contributed by atoms with Crippen molar-refractivity contribution in [2.24, 2.45) is 5.92 Å². The van der Waals surface area contributed by atoms with Crippen molar-refractivity contribution in [1.82, 2.24) is 5.32 Å². The number of rotatable bonds is 2. The lowest BCUT2D eigenvalue weighted by Crippen LogP contribution is -2.56. The van der Waals surface area contributed by atoms with Crippen LogP contribution in [0.3, 0.4) is 0 Å². The Hall–Kier alpha value is -1.02. The molecule has 2 unspecified atom stereocenters. The molecule has 1 N–H and O–H groups in total. The molecule has 3 rings (SSSR count). The second kappa shape index (κ2) is 5.07. The Morgan fingerprint density at radius 3 is 2.30 bits per heavy atom. The Morgan fingerprint density at radius 2 is 1.75 bits per heavy atom. The zero-order valence-corrected chi connectivity index (χ0v) is 13.3. The molecule has 2 nitrogen and oxygen atoms in total. The molecule has 1 aromatic carbocycles. The molecule has 1 saturated heterocycles. The molecule has 2 atom stereocenters. The molecule has 1 aliphatic carbocycles. The summed E-state index contributed by atoms with van der Waals surface area (Å²) in [5, 5.41) is 3.72. The number of nitrogens with one attached hydrogen (secondary N) is 1. The average molecular weight is 272 g/mol. The molecular weight excluding hydrogens is 244 g/mol. The normalized spacial score (nSPS) is 27.7. The van der Waals surface area contributed by atoms with Crippen LogP contribution in [0.2, 0.25) is 0 Å². The molecule has 0 amide bonds. The van der Waals surface area contributed by atoms with Gasteiger partial charge in [-0.2, -0.15) is 0 Å². The third-order valence-electron chi connectivity index (χ3n) is 4.86. The fourth-order valence-corrected chi connectivity index (χ4v) is 3.22. The van der Waals surface area contributed by atoms with Gasteiger partial charge < -0.3 is 10.2 Å². The van der Waals surface area contributed by atoms with E-state index in [4.69, 9.17) is 0 Å². The fourth-order valence-electron chi connectivity index (χ4n) is 3.22. The summed E-state index contributed by atoms with van der Waals surface area (Å²) >= 11 is 0. The van der Waals surface area contributed by atoms with Crippen LogP contribution >= 0.6 is 0 Å². The lowest BCUT2D eigenvalue weighted by molar-refractivity contribution is 0.376. The van der Waals surface area contributed by atoms with Crippen LogP contribution in [0.5, 0.6) is 0 Å². The molecule has 2 aliphatic rings. The quantitative estimate of drug-likeness (QED) is 0.885. The van der Waals surface area contributed by atoms with Crippen LogP contribution in [0.25, 0.3) is 0 Å². The van der Waals surface area contributed by atoms with Gasteiger partial charge in [0.1, 0.15) is 0 Å². The Balaban J connectivity index is 1.76. The largest absolute Gasteiger partial charge is 0.366 e. The molecule has 0 bridgehead atoms. The Bertz CT molecular complexity index is 453. The first-order valence-electron chi connectivity index (χ1n) is 8.06. The van der Waals surface area contributed by atoms with E-state index in [0.29, 0.717) is 12.1 Å². The standard InChI is InChI=1S/C18H28N2/c1-13-11-19-17(14-5-6-14)12-20(13)16-9-7-15(8-10-16)18(2,3)4/h7-10,13-14,17,19H,5-6,11-12H2,1-4H3. The van der Waals surface area contributed by atoms with Crippen LogP contribution < -0.4 is 10.2 Å². The molecule has 1 saturated carbocycles. The maximum absolute atomic E-state index is 3.72. The first-order valence-corrected chi connectivity index (χ1v) is 8.06. The maximum atomic E-state index is 3.72. The minimum Gasteiger partial charge on any atom is -0.366 e. The van der Waals surface area contributed by atoms with E-state index in [0.717, 1.165) is 12.5 Å². The van der Waals surface area contributed by atoms with E-state index in [9.17, 15) is 0 Å². The summed E-state index contributed by atoms with van der Waals surface area (Å²) in [5.74, 6) is 0.929. The Morgan fingerprint density at radius 1 is 1.10 bits per heavy atom. The third-order valence-corrected chi connectivity index (χ3v) is 4.86. The summed E-state index contributed by atoms with van der Waals surface area (Å²) in [6, 6.07) is 10.5. The van der Waals surface area contributed by atoms with Gasteiger partial charge >= 0.3 is 0 Å². The van der Waals surface area contributed by atoms with E-state index >= 15 is 0 Å². The van der Waals surface area contributed by atoms with Crippen molar-refractivity contribution in [3.8, 4) is 0 Å². The average Bonchev–Trinajstić information content (AvgIpc) is 3.23. The van der Waals surface area contributed by atoms with Crippen LogP contribution in [0.1, 0.15) is 46.1 Å². The predicted molar refractivity (Wildman–Crippen MR) is 86.5 cm³/mol. The highest BCUT2D eigenvalue weighted by atomic mass is 15.2. The lowest BCUT2D eigenvalue weighted by Gasteiger charge is -2.41. The summed E-state index contributed by atoms with van der Waals surface area (Å²) in [7, 11) is 0. The van der Waals surface area contributed by atoms with Gasteiger partial charge in [-0.25, -0.2) is 0 Å². The molecule has 20 heavy (non-hydrogen) atoms. The highest BCUT2D eigenvalue weighted by Gasteiger charge is 2.36. The topological polar surface area (TPSA) is 15.3 Å². The molecule has 1 aromatic rings. The van der Waals surface area contributed by atoms with Gasteiger partial charge in [0.2, 0.25) is 0 Å². The first kappa shape index (κ1) is 13.9. The number of benzene rings is 1. The predicted octanol–water partition coefficient (Wildman–Crippen LogP) is 3.56. The van der Waals surface area contributed by atoms with E-state index in [2.05, 4.69) is 62.2 Å². The summed E-state index contributed by atoms with van der Waals surface area (Å²) in [5.41, 5.74) is 3.05. The number of anilines is 1. The van der Waals surface area contributed by atoms with Crippen LogP contribution in [-0.2, 0) is 5.41 Å². The Kier molecular flexibility index (Phi) is 3.53. The van der Waals surface area contributed by atoms with Crippen molar-refractivity contribution in [3.05, 3.63) is 29.8 Å². The van der Waals surface area contributed by atoms with Crippen molar-refractivity contribution in [3.63, 3.8) is 0 Å². The summed E-state index contributed by atoms with van der Waals surface area (Å²) in [6.45, 7) is 11.4. The summed E-state index contributed by atoms with van der Waals surface area (Å²) in [4.78, 5) is 2.59. The van der Waals surface area contributed by atoms with E-state index in [-0.39, 0.29) is 5.41 Å². The first-order chi connectivity index (χ1) is 9.45. The number of hydrogen-bond donors (Lipinski definition) is 1. The zero-order chi connectivity index (χ0) is 14.3.